The average Bonchev–Trinajstić information content (AvgIpc) is 2.77. The molecule has 0 bridgehead atoms. The van der Waals surface area contributed by atoms with Gasteiger partial charge in [0.15, 0.2) is 0 Å². The minimum atomic E-state index is -0.734. The number of aliphatic carboxylic acids is 1. The number of fused-ring (bicyclic) bond motifs is 1. The third-order valence-corrected chi connectivity index (χ3v) is 4.62. The highest BCUT2D eigenvalue weighted by Gasteiger charge is 2.37. The Kier molecular flexibility index (Phi) is 3.76. The number of hydrogen-bond acceptors (Lipinski definition) is 3. The zero-order chi connectivity index (χ0) is 15.0. The Hall–Kier alpha value is -1.39. The van der Waals surface area contributed by atoms with Crippen molar-refractivity contribution in [2.75, 3.05) is 6.54 Å². The standard InChI is InChI=1S/C17H23NO3/c1-17(2)8-7-14(21-17)11-18-10-13-6-4-3-5-12(13)9-15(18)16(19)20/h3-6,14-15H,7-11H2,1-2H3,(H,19,20)/t14?,15-/m0/s1. The van der Waals surface area contributed by atoms with Crippen LogP contribution in [0.4, 0.5) is 0 Å². The number of carbonyl (C=O) groups is 1. The molecule has 21 heavy (non-hydrogen) atoms. The van der Waals surface area contributed by atoms with Crippen LogP contribution in [-0.4, -0.2) is 40.3 Å². The van der Waals surface area contributed by atoms with Crippen molar-refractivity contribution >= 4 is 5.97 Å². The monoisotopic (exact) mass is 289 g/mol. The van der Waals surface area contributed by atoms with Crippen LogP contribution in [0.15, 0.2) is 24.3 Å². The summed E-state index contributed by atoms with van der Waals surface area (Å²) in [5.74, 6) is -0.734. The number of carboxylic acid groups (broad SMARTS) is 1. The number of hydrogen-bond donors (Lipinski definition) is 1. The van der Waals surface area contributed by atoms with E-state index in [9.17, 15) is 9.90 Å². The molecule has 1 unspecified atom stereocenters. The van der Waals surface area contributed by atoms with E-state index in [-0.39, 0.29) is 11.7 Å². The van der Waals surface area contributed by atoms with Gasteiger partial charge in [-0.25, -0.2) is 0 Å². The molecule has 4 heteroatoms. The predicted molar refractivity (Wildman–Crippen MR) is 80.2 cm³/mol. The van der Waals surface area contributed by atoms with E-state index in [0.29, 0.717) is 19.5 Å². The second-order valence-electron chi connectivity index (χ2n) is 6.79. The molecule has 0 amide bonds. The van der Waals surface area contributed by atoms with Crippen LogP contribution in [0.25, 0.3) is 0 Å². The predicted octanol–water partition coefficient (Wildman–Crippen LogP) is 2.46. The average molecular weight is 289 g/mol. The van der Waals surface area contributed by atoms with Gasteiger partial charge < -0.3 is 9.84 Å². The molecular formula is C17H23NO3. The first-order chi connectivity index (χ1) is 9.94. The van der Waals surface area contributed by atoms with Crippen LogP contribution < -0.4 is 0 Å². The summed E-state index contributed by atoms with van der Waals surface area (Å²) in [5.41, 5.74) is 2.33. The lowest BCUT2D eigenvalue weighted by molar-refractivity contribution is -0.145. The van der Waals surface area contributed by atoms with E-state index < -0.39 is 12.0 Å². The summed E-state index contributed by atoms with van der Waals surface area (Å²) >= 11 is 0. The maximum absolute atomic E-state index is 11.6. The number of nitrogens with zero attached hydrogens (tertiary/aromatic N) is 1. The molecule has 1 aromatic rings. The van der Waals surface area contributed by atoms with E-state index >= 15 is 0 Å². The molecular weight excluding hydrogens is 266 g/mol. The SMILES string of the molecule is CC1(C)CCC(CN2Cc3ccccc3C[C@H]2C(=O)O)O1. The van der Waals surface area contributed by atoms with Crippen molar-refractivity contribution in [2.45, 2.75) is 57.4 Å². The fourth-order valence-electron chi connectivity index (χ4n) is 3.48. The molecule has 1 fully saturated rings. The summed E-state index contributed by atoms with van der Waals surface area (Å²) in [6.07, 6.45) is 2.78. The molecule has 0 radical (unpaired) electrons. The Balaban J connectivity index is 1.75. The molecule has 0 aliphatic carbocycles. The molecule has 1 N–H and O–H groups in total. The van der Waals surface area contributed by atoms with Crippen LogP contribution in [0.2, 0.25) is 0 Å². The van der Waals surface area contributed by atoms with Gasteiger partial charge in [-0.05, 0) is 44.2 Å². The molecule has 2 aliphatic heterocycles. The number of ether oxygens (including phenoxy) is 1. The highest BCUT2D eigenvalue weighted by molar-refractivity contribution is 5.74. The lowest BCUT2D eigenvalue weighted by atomic mass is 9.93. The summed E-state index contributed by atoms with van der Waals surface area (Å²) in [5, 5.41) is 9.53. The molecule has 2 atom stereocenters. The summed E-state index contributed by atoms with van der Waals surface area (Å²) in [4.78, 5) is 13.7. The highest BCUT2D eigenvalue weighted by atomic mass is 16.5. The van der Waals surface area contributed by atoms with Gasteiger partial charge in [-0.3, -0.25) is 9.69 Å². The zero-order valence-corrected chi connectivity index (χ0v) is 12.7. The van der Waals surface area contributed by atoms with Crippen LogP contribution in [-0.2, 0) is 22.5 Å². The lowest BCUT2D eigenvalue weighted by Crippen LogP contribution is -2.48. The molecule has 0 spiro atoms. The van der Waals surface area contributed by atoms with Gasteiger partial charge in [-0.1, -0.05) is 24.3 Å². The van der Waals surface area contributed by atoms with Gasteiger partial charge in [-0.2, -0.15) is 0 Å². The summed E-state index contributed by atoms with van der Waals surface area (Å²) < 4.78 is 6.03. The molecule has 0 aromatic heterocycles. The Labute approximate surface area is 125 Å². The molecule has 4 nitrogen and oxygen atoms in total. The van der Waals surface area contributed by atoms with E-state index in [4.69, 9.17) is 4.74 Å². The summed E-state index contributed by atoms with van der Waals surface area (Å²) in [6.45, 7) is 5.61. The number of carboxylic acids is 1. The normalized spacial score (nSPS) is 28.3. The Morgan fingerprint density at radius 1 is 1.38 bits per heavy atom. The van der Waals surface area contributed by atoms with Crippen LogP contribution in [0, 0.1) is 0 Å². The van der Waals surface area contributed by atoms with E-state index in [1.165, 1.54) is 5.56 Å². The smallest absolute Gasteiger partial charge is 0.321 e. The summed E-state index contributed by atoms with van der Waals surface area (Å²) in [6, 6.07) is 7.70. The van der Waals surface area contributed by atoms with E-state index in [1.54, 1.807) is 0 Å². The van der Waals surface area contributed by atoms with Crippen molar-refractivity contribution in [3.8, 4) is 0 Å². The number of rotatable bonds is 3. The van der Waals surface area contributed by atoms with Crippen LogP contribution >= 0.6 is 0 Å². The minimum Gasteiger partial charge on any atom is -0.480 e. The summed E-state index contributed by atoms with van der Waals surface area (Å²) in [7, 11) is 0. The highest BCUT2D eigenvalue weighted by Crippen LogP contribution is 2.31. The maximum atomic E-state index is 11.6. The van der Waals surface area contributed by atoms with Crippen molar-refractivity contribution in [1.29, 1.82) is 0 Å². The van der Waals surface area contributed by atoms with Gasteiger partial charge >= 0.3 is 5.97 Å². The molecule has 0 saturated carbocycles. The lowest BCUT2D eigenvalue weighted by Gasteiger charge is -2.36. The topological polar surface area (TPSA) is 49.8 Å². The van der Waals surface area contributed by atoms with Crippen molar-refractivity contribution in [1.82, 2.24) is 4.90 Å². The molecule has 2 aliphatic rings. The van der Waals surface area contributed by atoms with Crippen molar-refractivity contribution in [3.63, 3.8) is 0 Å². The Morgan fingerprint density at radius 2 is 2.10 bits per heavy atom. The molecule has 114 valence electrons. The van der Waals surface area contributed by atoms with Gasteiger partial charge in [0.1, 0.15) is 6.04 Å². The Morgan fingerprint density at radius 3 is 2.71 bits per heavy atom. The van der Waals surface area contributed by atoms with Crippen molar-refractivity contribution in [3.05, 3.63) is 35.4 Å². The fraction of sp³-hybridized carbons (Fsp3) is 0.588. The van der Waals surface area contributed by atoms with Gasteiger partial charge in [0.25, 0.3) is 0 Å². The number of benzene rings is 1. The zero-order valence-electron chi connectivity index (χ0n) is 12.7. The van der Waals surface area contributed by atoms with E-state index in [2.05, 4.69) is 24.8 Å². The van der Waals surface area contributed by atoms with Crippen LogP contribution in [0.1, 0.15) is 37.8 Å². The van der Waals surface area contributed by atoms with E-state index in [1.807, 2.05) is 18.2 Å². The first-order valence-corrected chi connectivity index (χ1v) is 7.66. The molecule has 3 rings (SSSR count). The fourth-order valence-corrected chi connectivity index (χ4v) is 3.48. The first kappa shape index (κ1) is 14.5. The molecule has 1 aromatic carbocycles. The Bertz CT molecular complexity index is 541. The second-order valence-corrected chi connectivity index (χ2v) is 6.79. The second kappa shape index (κ2) is 5.43. The van der Waals surface area contributed by atoms with Gasteiger partial charge in [0, 0.05) is 13.1 Å². The first-order valence-electron chi connectivity index (χ1n) is 7.66. The quantitative estimate of drug-likeness (QED) is 0.928. The minimum absolute atomic E-state index is 0.0723. The van der Waals surface area contributed by atoms with Gasteiger partial charge in [0.2, 0.25) is 0 Å². The van der Waals surface area contributed by atoms with Crippen molar-refractivity contribution < 1.29 is 14.6 Å². The van der Waals surface area contributed by atoms with Crippen LogP contribution in [0.3, 0.4) is 0 Å². The van der Waals surface area contributed by atoms with Gasteiger partial charge in [0.05, 0.1) is 11.7 Å². The van der Waals surface area contributed by atoms with E-state index in [0.717, 1.165) is 18.4 Å². The molecule has 1 saturated heterocycles. The third-order valence-electron chi connectivity index (χ3n) is 4.62. The van der Waals surface area contributed by atoms with Gasteiger partial charge in [-0.15, -0.1) is 0 Å². The molecule has 2 heterocycles. The van der Waals surface area contributed by atoms with Crippen LogP contribution in [0.5, 0.6) is 0 Å². The van der Waals surface area contributed by atoms with Crippen molar-refractivity contribution in [2.24, 2.45) is 0 Å². The maximum Gasteiger partial charge on any atom is 0.321 e. The third kappa shape index (κ3) is 3.11. The largest absolute Gasteiger partial charge is 0.480 e.